The molecule has 0 radical (unpaired) electrons. The van der Waals surface area contributed by atoms with E-state index in [9.17, 15) is 9.59 Å². The zero-order valence-electron chi connectivity index (χ0n) is 14.0. The lowest BCUT2D eigenvalue weighted by Gasteiger charge is -2.11. The Balaban J connectivity index is 2.58. The highest BCUT2D eigenvalue weighted by Crippen LogP contribution is 2.29. The molecule has 0 unspecified atom stereocenters. The molecule has 2 rings (SSSR count). The van der Waals surface area contributed by atoms with Crippen molar-refractivity contribution < 1.29 is 19.0 Å². The van der Waals surface area contributed by atoms with Crippen molar-refractivity contribution in [3.63, 3.8) is 0 Å². The molecular formula is C17H18N2O5S. The molecule has 0 amide bonds. The van der Waals surface area contributed by atoms with Crippen LogP contribution in [0, 0.1) is 4.77 Å². The molecule has 0 aliphatic rings. The molecule has 0 bridgehead atoms. The normalized spacial score (nSPS) is 11.1. The van der Waals surface area contributed by atoms with Gasteiger partial charge < -0.3 is 19.2 Å². The van der Waals surface area contributed by atoms with Crippen LogP contribution in [0.25, 0.3) is 11.6 Å². The fraction of sp³-hybridized carbons (Fsp3) is 0.235. The van der Waals surface area contributed by atoms with Crippen LogP contribution in [0.15, 0.2) is 29.1 Å². The van der Waals surface area contributed by atoms with Crippen molar-refractivity contribution in [2.45, 2.75) is 6.92 Å². The Morgan fingerprint density at radius 1 is 1.20 bits per heavy atom. The van der Waals surface area contributed by atoms with Gasteiger partial charge in [0.1, 0.15) is 0 Å². The molecule has 1 heterocycles. The molecule has 25 heavy (non-hydrogen) atoms. The van der Waals surface area contributed by atoms with Crippen LogP contribution in [0.1, 0.15) is 18.2 Å². The monoisotopic (exact) mass is 362 g/mol. The molecule has 132 valence electrons. The van der Waals surface area contributed by atoms with Crippen LogP contribution < -0.4 is 15.0 Å². The summed E-state index contributed by atoms with van der Waals surface area (Å²) in [4.78, 5) is 29.0. The second kappa shape index (κ2) is 8.29. The predicted molar refractivity (Wildman–Crippen MR) is 96.3 cm³/mol. The number of rotatable bonds is 6. The summed E-state index contributed by atoms with van der Waals surface area (Å²) >= 11 is 4.95. The van der Waals surface area contributed by atoms with E-state index in [1.165, 1.54) is 13.2 Å². The lowest BCUT2D eigenvalue weighted by Crippen LogP contribution is -2.12. The average molecular weight is 362 g/mol. The molecule has 0 aliphatic heterocycles. The van der Waals surface area contributed by atoms with Gasteiger partial charge in [-0.3, -0.25) is 9.78 Å². The van der Waals surface area contributed by atoms with Gasteiger partial charge in [-0.1, -0.05) is 6.07 Å². The first-order valence-electron chi connectivity index (χ1n) is 7.43. The molecule has 8 heteroatoms. The smallest absolute Gasteiger partial charge is 0.339 e. The van der Waals surface area contributed by atoms with Crippen molar-refractivity contribution in [3.05, 3.63) is 50.6 Å². The Morgan fingerprint density at radius 2 is 1.96 bits per heavy atom. The number of nitrogens with one attached hydrogen (secondary N) is 2. The number of carbonyl (C=O) groups excluding carboxylic acids is 1. The number of carbonyl (C=O) groups is 1. The van der Waals surface area contributed by atoms with Crippen LogP contribution in [0.5, 0.6) is 11.5 Å². The Hall–Kier alpha value is -2.87. The summed E-state index contributed by atoms with van der Waals surface area (Å²) in [6.07, 6.45) is 1.58. The minimum Gasteiger partial charge on any atom is -0.493 e. The van der Waals surface area contributed by atoms with E-state index in [-0.39, 0.29) is 16.0 Å². The van der Waals surface area contributed by atoms with Gasteiger partial charge in [0, 0.05) is 6.07 Å². The van der Waals surface area contributed by atoms with Crippen LogP contribution >= 0.6 is 12.2 Å². The molecule has 1 aromatic heterocycles. The Kier molecular flexibility index (Phi) is 6.13. The highest BCUT2D eigenvalue weighted by atomic mass is 32.1. The minimum absolute atomic E-state index is 0.113. The Bertz CT molecular complexity index is 885. The summed E-state index contributed by atoms with van der Waals surface area (Å²) in [7, 11) is 2.81. The fourth-order valence-electron chi connectivity index (χ4n) is 2.19. The summed E-state index contributed by atoms with van der Waals surface area (Å²) in [5.74, 6) is 0.515. The van der Waals surface area contributed by atoms with E-state index in [0.29, 0.717) is 23.7 Å². The number of benzene rings is 1. The number of aromatic amines is 2. The number of aromatic nitrogens is 2. The van der Waals surface area contributed by atoms with Gasteiger partial charge >= 0.3 is 5.97 Å². The van der Waals surface area contributed by atoms with Crippen molar-refractivity contribution in [2.24, 2.45) is 0 Å². The predicted octanol–water partition coefficient (Wildman–Crippen LogP) is 2.55. The maximum absolute atomic E-state index is 12.2. The molecule has 0 atom stereocenters. The topological polar surface area (TPSA) is 93.4 Å². The molecule has 0 aliphatic carbocycles. The zero-order chi connectivity index (χ0) is 18.4. The standard InChI is InChI=1S/C17H18N2O5S/c1-4-24-14-8-10(5-6-13(14)22-2)7-11(16(21)23-3)12-9-15(20)19-17(25)18-12/h5-9H,4H2,1-3H3,(H2,18,19,20,25)/b11-7-. The summed E-state index contributed by atoms with van der Waals surface area (Å²) in [5.41, 5.74) is 0.671. The van der Waals surface area contributed by atoms with Crippen LogP contribution in [0.4, 0.5) is 0 Å². The van der Waals surface area contributed by atoms with E-state index < -0.39 is 11.5 Å². The van der Waals surface area contributed by atoms with E-state index in [4.69, 9.17) is 26.4 Å². The van der Waals surface area contributed by atoms with Gasteiger partial charge in [-0.05, 0) is 42.9 Å². The van der Waals surface area contributed by atoms with Gasteiger partial charge in [0.2, 0.25) is 0 Å². The van der Waals surface area contributed by atoms with Crippen molar-refractivity contribution in [1.29, 1.82) is 0 Å². The second-order valence-electron chi connectivity index (χ2n) is 4.89. The largest absolute Gasteiger partial charge is 0.493 e. The number of methoxy groups -OCH3 is 2. The van der Waals surface area contributed by atoms with Crippen LogP contribution in [0.3, 0.4) is 0 Å². The van der Waals surface area contributed by atoms with Crippen molar-refractivity contribution >= 4 is 29.8 Å². The van der Waals surface area contributed by atoms with Crippen molar-refractivity contribution in [1.82, 2.24) is 9.97 Å². The third kappa shape index (κ3) is 4.57. The molecule has 2 N–H and O–H groups in total. The lowest BCUT2D eigenvalue weighted by molar-refractivity contribution is -0.133. The average Bonchev–Trinajstić information content (AvgIpc) is 2.58. The number of hydrogen-bond acceptors (Lipinski definition) is 6. The molecular weight excluding hydrogens is 344 g/mol. The molecule has 7 nitrogen and oxygen atoms in total. The van der Waals surface area contributed by atoms with Crippen LogP contribution in [-0.2, 0) is 9.53 Å². The first-order chi connectivity index (χ1) is 12.0. The second-order valence-corrected chi connectivity index (χ2v) is 5.30. The van der Waals surface area contributed by atoms with Gasteiger partial charge in [0.15, 0.2) is 16.3 Å². The van der Waals surface area contributed by atoms with E-state index in [2.05, 4.69) is 9.97 Å². The number of H-pyrrole nitrogens is 2. The molecule has 0 fully saturated rings. The summed E-state index contributed by atoms with van der Waals surface area (Å²) in [6.45, 7) is 2.33. The Labute approximate surface area is 149 Å². The summed E-state index contributed by atoms with van der Waals surface area (Å²) in [5, 5.41) is 0. The maximum atomic E-state index is 12.2. The van der Waals surface area contributed by atoms with Gasteiger partial charge in [-0.2, -0.15) is 0 Å². The first-order valence-corrected chi connectivity index (χ1v) is 7.84. The van der Waals surface area contributed by atoms with E-state index >= 15 is 0 Å². The van der Waals surface area contributed by atoms with E-state index in [1.54, 1.807) is 31.4 Å². The zero-order valence-corrected chi connectivity index (χ0v) is 14.9. The molecule has 0 saturated heterocycles. The molecule has 2 aromatic rings. The van der Waals surface area contributed by atoms with Gasteiger partial charge in [0.05, 0.1) is 32.1 Å². The molecule has 0 saturated carbocycles. The SMILES string of the molecule is CCOc1cc(/C=C(\C(=O)OC)c2cc(=O)[nH]c(=S)[nH]2)ccc1OC. The summed E-state index contributed by atoms with van der Waals surface area (Å²) < 4.78 is 15.7. The van der Waals surface area contributed by atoms with Gasteiger partial charge in [-0.15, -0.1) is 0 Å². The number of ether oxygens (including phenoxy) is 3. The fourth-order valence-corrected chi connectivity index (χ4v) is 2.40. The minimum atomic E-state index is -0.606. The van der Waals surface area contributed by atoms with Crippen molar-refractivity contribution in [3.8, 4) is 11.5 Å². The van der Waals surface area contributed by atoms with Gasteiger partial charge in [0.25, 0.3) is 5.56 Å². The summed E-state index contributed by atoms with van der Waals surface area (Å²) in [6, 6.07) is 6.45. The van der Waals surface area contributed by atoms with E-state index in [1.807, 2.05) is 6.92 Å². The number of esters is 1. The van der Waals surface area contributed by atoms with Crippen molar-refractivity contribution in [2.75, 3.05) is 20.8 Å². The highest BCUT2D eigenvalue weighted by Gasteiger charge is 2.15. The van der Waals surface area contributed by atoms with Crippen LogP contribution in [-0.4, -0.2) is 36.8 Å². The molecule has 0 spiro atoms. The highest BCUT2D eigenvalue weighted by molar-refractivity contribution is 7.71. The molecule has 1 aromatic carbocycles. The Morgan fingerprint density at radius 3 is 2.56 bits per heavy atom. The quantitative estimate of drug-likeness (QED) is 0.466. The third-order valence-corrected chi connectivity index (χ3v) is 3.46. The van der Waals surface area contributed by atoms with Gasteiger partial charge in [-0.25, -0.2) is 4.79 Å². The third-order valence-electron chi connectivity index (χ3n) is 3.25. The first kappa shape index (κ1) is 18.5. The van der Waals surface area contributed by atoms with E-state index in [0.717, 1.165) is 0 Å². The maximum Gasteiger partial charge on any atom is 0.339 e. The number of hydrogen-bond donors (Lipinski definition) is 2. The van der Waals surface area contributed by atoms with Crippen LogP contribution in [0.2, 0.25) is 0 Å². The lowest BCUT2D eigenvalue weighted by atomic mass is 10.1.